The lowest BCUT2D eigenvalue weighted by Gasteiger charge is -2.06. The third-order valence-electron chi connectivity index (χ3n) is 2.60. The minimum Gasteiger partial charge on any atom is -0.481 e. The van der Waals surface area contributed by atoms with Gasteiger partial charge in [-0.15, -0.1) is 0 Å². The molecule has 0 radical (unpaired) electrons. The summed E-state index contributed by atoms with van der Waals surface area (Å²) in [7, 11) is 0. The molecule has 0 aromatic heterocycles. The van der Waals surface area contributed by atoms with E-state index in [1.165, 1.54) is 6.21 Å². The summed E-state index contributed by atoms with van der Waals surface area (Å²) in [5, 5.41) is 12.4. The smallest absolute Gasteiger partial charge is 0.341 e. The van der Waals surface area contributed by atoms with Crippen LogP contribution in [0.5, 0.6) is 5.75 Å². The summed E-state index contributed by atoms with van der Waals surface area (Å²) in [5.74, 6) is -0.626. The van der Waals surface area contributed by atoms with Gasteiger partial charge in [-0.3, -0.25) is 4.79 Å². The maximum absolute atomic E-state index is 11.4. The minimum atomic E-state index is -1.05. The number of carboxylic acids is 1. The number of carboxylic acid groups (broad SMARTS) is 1. The molecule has 0 heterocycles. The van der Waals surface area contributed by atoms with Gasteiger partial charge in [-0.05, 0) is 25.0 Å². The van der Waals surface area contributed by atoms with E-state index >= 15 is 0 Å². The topological polar surface area (TPSA) is 88.0 Å². The lowest BCUT2D eigenvalue weighted by Crippen LogP contribution is -2.19. The van der Waals surface area contributed by atoms with Crippen molar-refractivity contribution in [3.63, 3.8) is 0 Å². The summed E-state index contributed by atoms with van der Waals surface area (Å²) in [5.41, 5.74) is 3.05. The number of ether oxygens (including phenoxy) is 1. The molecule has 1 aromatic rings. The third kappa shape index (κ3) is 4.09. The van der Waals surface area contributed by atoms with Gasteiger partial charge < -0.3 is 9.84 Å². The van der Waals surface area contributed by atoms with Crippen LogP contribution in [-0.4, -0.2) is 29.8 Å². The SMILES string of the molecule is O=C(O)COc1ccccc1/C=N\NC(=O)C1CC1. The summed E-state index contributed by atoms with van der Waals surface area (Å²) in [4.78, 5) is 21.8. The molecule has 0 aliphatic heterocycles. The van der Waals surface area contributed by atoms with Crippen LogP contribution >= 0.6 is 0 Å². The standard InChI is InChI=1S/C13H14N2O4/c16-12(17)8-19-11-4-2-1-3-10(11)7-14-15-13(18)9-5-6-9/h1-4,7,9H,5-6,8H2,(H,15,18)(H,16,17)/b14-7-. The molecule has 1 amide bonds. The van der Waals surface area contributed by atoms with Crippen molar-refractivity contribution in [1.29, 1.82) is 0 Å². The molecule has 2 N–H and O–H groups in total. The third-order valence-corrected chi connectivity index (χ3v) is 2.60. The Morgan fingerprint density at radius 3 is 2.84 bits per heavy atom. The van der Waals surface area contributed by atoms with Crippen molar-refractivity contribution < 1.29 is 19.4 Å². The number of carbonyl (C=O) groups excluding carboxylic acids is 1. The predicted molar refractivity (Wildman–Crippen MR) is 68.0 cm³/mol. The number of hydrogen-bond acceptors (Lipinski definition) is 4. The first-order chi connectivity index (χ1) is 9.16. The number of amides is 1. The zero-order valence-corrected chi connectivity index (χ0v) is 10.2. The lowest BCUT2D eigenvalue weighted by atomic mass is 10.2. The molecular weight excluding hydrogens is 248 g/mol. The minimum absolute atomic E-state index is 0.0832. The first-order valence-corrected chi connectivity index (χ1v) is 5.93. The van der Waals surface area contributed by atoms with Crippen molar-refractivity contribution in [1.82, 2.24) is 5.43 Å². The molecule has 0 saturated heterocycles. The molecule has 0 bridgehead atoms. The molecule has 19 heavy (non-hydrogen) atoms. The molecule has 1 saturated carbocycles. The molecule has 2 rings (SSSR count). The number of aliphatic carboxylic acids is 1. The Morgan fingerprint density at radius 2 is 2.16 bits per heavy atom. The molecule has 100 valence electrons. The maximum atomic E-state index is 11.4. The van der Waals surface area contributed by atoms with Gasteiger partial charge in [-0.2, -0.15) is 5.10 Å². The quantitative estimate of drug-likeness (QED) is 0.591. The van der Waals surface area contributed by atoms with Crippen LogP contribution in [0.2, 0.25) is 0 Å². The molecule has 0 atom stereocenters. The molecule has 0 spiro atoms. The summed E-state index contributed by atoms with van der Waals surface area (Å²) >= 11 is 0. The van der Waals surface area contributed by atoms with Gasteiger partial charge in [-0.1, -0.05) is 12.1 Å². The highest BCUT2D eigenvalue weighted by Crippen LogP contribution is 2.28. The number of hydrogen-bond donors (Lipinski definition) is 2. The monoisotopic (exact) mass is 262 g/mol. The Labute approximate surface area is 110 Å². The number of para-hydroxylation sites is 1. The van der Waals surface area contributed by atoms with Gasteiger partial charge in [0.15, 0.2) is 6.61 Å². The van der Waals surface area contributed by atoms with E-state index in [1.807, 2.05) is 0 Å². The van der Waals surface area contributed by atoms with Gasteiger partial charge in [0.1, 0.15) is 5.75 Å². The fraction of sp³-hybridized carbons (Fsp3) is 0.308. The Bertz CT molecular complexity index is 509. The average molecular weight is 262 g/mol. The Morgan fingerprint density at radius 1 is 1.42 bits per heavy atom. The first kappa shape index (κ1) is 13.1. The van der Waals surface area contributed by atoms with Gasteiger partial charge >= 0.3 is 5.97 Å². The van der Waals surface area contributed by atoms with E-state index < -0.39 is 12.6 Å². The van der Waals surface area contributed by atoms with E-state index in [9.17, 15) is 9.59 Å². The second-order valence-electron chi connectivity index (χ2n) is 4.23. The number of nitrogens with zero attached hydrogens (tertiary/aromatic N) is 1. The summed E-state index contributed by atoms with van der Waals surface area (Å²) in [6, 6.07) is 6.88. The highest BCUT2D eigenvalue weighted by Gasteiger charge is 2.29. The van der Waals surface area contributed by atoms with Crippen molar-refractivity contribution in [2.45, 2.75) is 12.8 Å². The van der Waals surface area contributed by atoms with Crippen LogP contribution < -0.4 is 10.2 Å². The van der Waals surface area contributed by atoms with Crippen LogP contribution in [0.4, 0.5) is 0 Å². The number of benzene rings is 1. The number of rotatable bonds is 6. The normalized spacial score (nSPS) is 14.3. The first-order valence-electron chi connectivity index (χ1n) is 5.93. The van der Waals surface area contributed by atoms with Crippen molar-refractivity contribution in [3.8, 4) is 5.75 Å². The van der Waals surface area contributed by atoms with Crippen LogP contribution in [0.1, 0.15) is 18.4 Å². The van der Waals surface area contributed by atoms with Crippen LogP contribution in [0, 0.1) is 5.92 Å². The van der Waals surface area contributed by atoms with E-state index in [1.54, 1.807) is 24.3 Å². The molecule has 6 heteroatoms. The van der Waals surface area contributed by atoms with Crippen LogP contribution in [-0.2, 0) is 9.59 Å². The second-order valence-corrected chi connectivity index (χ2v) is 4.23. The van der Waals surface area contributed by atoms with Gasteiger partial charge in [0.2, 0.25) is 5.91 Å². The van der Waals surface area contributed by atoms with Crippen LogP contribution in [0.3, 0.4) is 0 Å². The van der Waals surface area contributed by atoms with Crippen molar-refractivity contribution >= 4 is 18.1 Å². The van der Waals surface area contributed by atoms with E-state index in [0.29, 0.717) is 11.3 Å². The number of nitrogens with one attached hydrogen (secondary N) is 1. The molecule has 1 aromatic carbocycles. The van der Waals surface area contributed by atoms with E-state index in [2.05, 4.69) is 10.5 Å². The second kappa shape index (κ2) is 5.99. The Balaban J connectivity index is 1.95. The fourth-order valence-electron chi connectivity index (χ4n) is 1.46. The number of hydrazone groups is 1. The summed E-state index contributed by atoms with van der Waals surface area (Å²) in [6.07, 6.45) is 3.27. The lowest BCUT2D eigenvalue weighted by molar-refractivity contribution is -0.139. The Kier molecular flexibility index (Phi) is 4.12. The zero-order chi connectivity index (χ0) is 13.7. The Hall–Kier alpha value is -2.37. The van der Waals surface area contributed by atoms with Gasteiger partial charge in [0, 0.05) is 11.5 Å². The van der Waals surface area contributed by atoms with Crippen molar-refractivity contribution in [3.05, 3.63) is 29.8 Å². The van der Waals surface area contributed by atoms with Crippen molar-refractivity contribution in [2.75, 3.05) is 6.61 Å². The molecule has 1 aliphatic rings. The van der Waals surface area contributed by atoms with Crippen LogP contribution in [0.15, 0.2) is 29.4 Å². The van der Waals surface area contributed by atoms with E-state index in [0.717, 1.165) is 12.8 Å². The highest BCUT2D eigenvalue weighted by molar-refractivity contribution is 5.86. The molecule has 6 nitrogen and oxygen atoms in total. The highest BCUT2D eigenvalue weighted by atomic mass is 16.5. The summed E-state index contributed by atoms with van der Waals surface area (Å²) in [6.45, 7) is -0.417. The zero-order valence-electron chi connectivity index (χ0n) is 10.2. The maximum Gasteiger partial charge on any atom is 0.341 e. The van der Waals surface area contributed by atoms with E-state index in [4.69, 9.17) is 9.84 Å². The molecule has 1 aliphatic carbocycles. The molecular formula is C13H14N2O4. The summed E-state index contributed by atoms with van der Waals surface area (Å²) < 4.78 is 5.11. The number of carbonyl (C=O) groups is 2. The fourth-order valence-corrected chi connectivity index (χ4v) is 1.46. The van der Waals surface area contributed by atoms with Gasteiger partial charge in [-0.25, -0.2) is 10.2 Å². The van der Waals surface area contributed by atoms with E-state index in [-0.39, 0.29) is 11.8 Å². The largest absolute Gasteiger partial charge is 0.481 e. The van der Waals surface area contributed by atoms with Crippen LogP contribution in [0.25, 0.3) is 0 Å². The van der Waals surface area contributed by atoms with Gasteiger partial charge in [0.05, 0.1) is 6.21 Å². The predicted octanol–water partition coefficient (Wildman–Crippen LogP) is 1.01. The molecule has 0 unspecified atom stereocenters. The van der Waals surface area contributed by atoms with Crippen molar-refractivity contribution in [2.24, 2.45) is 11.0 Å². The molecule has 1 fully saturated rings. The van der Waals surface area contributed by atoms with Gasteiger partial charge in [0.25, 0.3) is 0 Å². The average Bonchev–Trinajstić information content (AvgIpc) is 3.21.